The van der Waals surface area contributed by atoms with Crippen LogP contribution in [0.15, 0.2) is 82.5 Å². The minimum atomic E-state index is -2.91. The van der Waals surface area contributed by atoms with Gasteiger partial charge in [0.05, 0.1) is 12.6 Å². The van der Waals surface area contributed by atoms with E-state index in [0.29, 0.717) is 19.4 Å². The zero-order valence-corrected chi connectivity index (χ0v) is 23.7. The number of aliphatic hydroxyl groups is 1. The van der Waals surface area contributed by atoms with Gasteiger partial charge in [-0.25, -0.2) is 9.18 Å². The van der Waals surface area contributed by atoms with Crippen molar-refractivity contribution < 1.29 is 18.7 Å². The van der Waals surface area contributed by atoms with Crippen molar-refractivity contribution in [2.45, 2.75) is 63.2 Å². The Labute approximate surface area is 228 Å². The van der Waals surface area contributed by atoms with E-state index in [9.17, 15) is 9.59 Å². The summed E-state index contributed by atoms with van der Waals surface area (Å²) in [5.74, 6) is 0. The molecule has 0 unspecified atom stereocenters. The maximum Gasteiger partial charge on any atom is 0.330 e. The lowest BCUT2D eigenvalue weighted by atomic mass is 10.1. The van der Waals surface area contributed by atoms with Crippen molar-refractivity contribution in [2.75, 3.05) is 19.8 Å². The molecule has 1 aliphatic heterocycles. The molecule has 0 radical (unpaired) electrons. The first kappa shape index (κ1) is 29.1. The van der Waals surface area contributed by atoms with Gasteiger partial charge in [0, 0.05) is 18.9 Å². The van der Waals surface area contributed by atoms with E-state index in [0.717, 1.165) is 14.9 Å². The summed E-state index contributed by atoms with van der Waals surface area (Å²) in [7, 11) is -2.91. The largest absolute Gasteiger partial charge is 0.405 e. The van der Waals surface area contributed by atoms with Crippen LogP contribution < -0.4 is 26.9 Å². The third-order valence-corrected chi connectivity index (χ3v) is 12.3. The average molecular weight is 556 g/mol. The Balaban J connectivity index is 1.69. The van der Waals surface area contributed by atoms with Crippen LogP contribution in [0.3, 0.4) is 0 Å². The molecule has 4 rings (SSSR count). The predicted octanol–water partition coefficient (Wildman–Crippen LogP) is 2.08. The van der Waals surface area contributed by atoms with E-state index < -0.39 is 44.1 Å². The Morgan fingerprint density at radius 3 is 2.18 bits per heavy atom. The maximum absolute atomic E-state index is 15.9. The SMILES string of the molecule is CC(C)(C)[Si](OC[C@H]1O[C@@H](n2ccc(=O)[nH]c2=O)[C@@H](F)[C@@H]1NCCCCO)(c1ccccc1)c1ccccc1. The van der Waals surface area contributed by atoms with Crippen molar-refractivity contribution in [1.82, 2.24) is 14.9 Å². The van der Waals surface area contributed by atoms with Crippen LogP contribution in [0, 0.1) is 0 Å². The molecule has 0 bridgehead atoms. The average Bonchev–Trinajstić information content (AvgIpc) is 3.22. The summed E-state index contributed by atoms with van der Waals surface area (Å²) in [5.41, 5.74) is -1.29. The number of halogens is 1. The molecule has 0 amide bonds. The lowest BCUT2D eigenvalue weighted by Crippen LogP contribution is -2.67. The third-order valence-electron chi connectivity index (χ3n) is 7.30. The summed E-state index contributed by atoms with van der Waals surface area (Å²) in [6, 6.07) is 20.7. The van der Waals surface area contributed by atoms with Crippen LogP contribution in [0.2, 0.25) is 5.04 Å². The van der Waals surface area contributed by atoms with E-state index in [2.05, 4.69) is 55.3 Å². The van der Waals surface area contributed by atoms with E-state index in [-0.39, 0.29) is 18.3 Å². The molecule has 8 nitrogen and oxygen atoms in total. The second-order valence-electron chi connectivity index (χ2n) is 10.9. The van der Waals surface area contributed by atoms with Gasteiger partial charge in [-0.2, -0.15) is 0 Å². The van der Waals surface area contributed by atoms with Crippen molar-refractivity contribution in [1.29, 1.82) is 0 Å². The molecular formula is C29H38FN3O5Si. The molecule has 3 N–H and O–H groups in total. The Hall–Kier alpha value is -2.89. The van der Waals surface area contributed by atoms with Crippen LogP contribution in [-0.2, 0) is 9.16 Å². The van der Waals surface area contributed by atoms with E-state index in [4.69, 9.17) is 14.3 Å². The van der Waals surface area contributed by atoms with E-state index in [1.165, 1.54) is 12.3 Å². The summed E-state index contributed by atoms with van der Waals surface area (Å²) in [5, 5.41) is 14.3. The Kier molecular flexibility index (Phi) is 9.34. The van der Waals surface area contributed by atoms with Gasteiger partial charge in [-0.1, -0.05) is 81.4 Å². The molecule has 210 valence electrons. The van der Waals surface area contributed by atoms with Crippen LogP contribution >= 0.6 is 0 Å². The van der Waals surface area contributed by atoms with Crippen LogP contribution in [0.1, 0.15) is 39.8 Å². The summed E-state index contributed by atoms with van der Waals surface area (Å²) in [6.07, 6.45) is -1.01. The number of hydrogen-bond donors (Lipinski definition) is 3. The summed E-state index contributed by atoms with van der Waals surface area (Å²) < 4.78 is 30.2. The zero-order valence-electron chi connectivity index (χ0n) is 22.7. The normalized spacial score (nSPS) is 21.8. The van der Waals surface area contributed by atoms with Crippen molar-refractivity contribution >= 4 is 18.7 Å². The van der Waals surface area contributed by atoms with E-state index in [1.807, 2.05) is 36.4 Å². The van der Waals surface area contributed by atoms with Gasteiger partial charge in [0.1, 0.15) is 6.10 Å². The number of hydrogen-bond acceptors (Lipinski definition) is 6. The van der Waals surface area contributed by atoms with Crippen molar-refractivity contribution in [2.24, 2.45) is 0 Å². The lowest BCUT2D eigenvalue weighted by molar-refractivity contribution is -0.0384. The van der Waals surface area contributed by atoms with Crippen LogP contribution in [-0.4, -0.2) is 61.1 Å². The molecule has 0 spiro atoms. The molecule has 3 aromatic rings. The summed E-state index contributed by atoms with van der Waals surface area (Å²) in [4.78, 5) is 26.3. The lowest BCUT2D eigenvalue weighted by Gasteiger charge is -2.43. The molecular weight excluding hydrogens is 517 g/mol. The second kappa shape index (κ2) is 12.5. The van der Waals surface area contributed by atoms with Gasteiger partial charge in [0.25, 0.3) is 13.9 Å². The molecule has 0 aliphatic carbocycles. The monoisotopic (exact) mass is 555 g/mol. The number of aromatic amines is 1. The maximum atomic E-state index is 15.9. The number of rotatable bonds is 11. The van der Waals surface area contributed by atoms with Crippen molar-refractivity contribution in [3.63, 3.8) is 0 Å². The fourth-order valence-corrected chi connectivity index (χ4v) is 10.00. The number of aromatic nitrogens is 2. The molecule has 1 aromatic heterocycles. The molecule has 39 heavy (non-hydrogen) atoms. The Bertz CT molecular complexity index is 1270. The minimum Gasteiger partial charge on any atom is -0.405 e. The highest BCUT2D eigenvalue weighted by Crippen LogP contribution is 2.38. The highest BCUT2D eigenvalue weighted by atomic mass is 28.4. The van der Waals surface area contributed by atoms with Gasteiger partial charge in [-0.3, -0.25) is 14.3 Å². The van der Waals surface area contributed by atoms with Gasteiger partial charge < -0.3 is 19.6 Å². The number of aliphatic hydroxyl groups excluding tert-OH is 1. The topological polar surface area (TPSA) is 106 Å². The second-order valence-corrected chi connectivity index (χ2v) is 15.2. The van der Waals surface area contributed by atoms with Gasteiger partial charge in [-0.15, -0.1) is 0 Å². The van der Waals surface area contributed by atoms with Crippen LogP contribution in [0.4, 0.5) is 4.39 Å². The van der Waals surface area contributed by atoms with Crippen LogP contribution in [0.25, 0.3) is 0 Å². The molecule has 0 saturated carbocycles. The molecule has 4 atom stereocenters. The number of H-pyrrole nitrogens is 1. The van der Waals surface area contributed by atoms with Crippen molar-refractivity contribution in [3.8, 4) is 0 Å². The summed E-state index contributed by atoms with van der Waals surface area (Å²) >= 11 is 0. The van der Waals surface area contributed by atoms with E-state index >= 15 is 4.39 Å². The number of unbranched alkanes of at least 4 members (excludes halogenated alkanes) is 1. The van der Waals surface area contributed by atoms with Crippen molar-refractivity contribution in [3.05, 3.63) is 93.8 Å². The number of alkyl halides is 1. The third kappa shape index (κ3) is 6.15. The Morgan fingerprint density at radius 2 is 1.64 bits per heavy atom. The fourth-order valence-electron chi connectivity index (χ4n) is 5.43. The zero-order chi connectivity index (χ0) is 28.0. The van der Waals surface area contributed by atoms with Gasteiger partial charge in [0.15, 0.2) is 12.4 Å². The smallest absolute Gasteiger partial charge is 0.330 e. The highest BCUT2D eigenvalue weighted by Gasteiger charge is 2.52. The first-order valence-electron chi connectivity index (χ1n) is 13.4. The van der Waals surface area contributed by atoms with E-state index in [1.54, 1.807) is 0 Å². The fraction of sp³-hybridized carbons (Fsp3) is 0.448. The molecule has 1 aliphatic rings. The number of nitrogens with one attached hydrogen (secondary N) is 2. The van der Waals surface area contributed by atoms with Crippen LogP contribution in [0.5, 0.6) is 0 Å². The molecule has 10 heteroatoms. The van der Waals surface area contributed by atoms with Gasteiger partial charge >= 0.3 is 5.69 Å². The first-order valence-corrected chi connectivity index (χ1v) is 15.3. The minimum absolute atomic E-state index is 0.0533. The van der Waals surface area contributed by atoms with Gasteiger partial charge in [-0.05, 0) is 34.8 Å². The highest BCUT2D eigenvalue weighted by molar-refractivity contribution is 6.99. The number of nitrogens with zero attached hydrogens (tertiary/aromatic N) is 1. The standard InChI is InChI=1S/C29H38FN3O5Si/c1-29(2,3)39(21-12-6-4-7-13-21,22-14-8-5-9-15-22)37-20-23-26(31-17-10-11-19-34)25(30)27(38-23)33-18-16-24(35)32-28(33)36/h4-9,12-16,18,23,25-27,31,34H,10-11,17,19-20H2,1-3H3,(H,32,35,36)/t23-,25+,26-,27-/m1/s1. The Morgan fingerprint density at radius 1 is 1.03 bits per heavy atom. The number of ether oxygens (including phenoxy) is 1. The van der Waals surface area contributed by atoms with Gasteiger partial charge in [0.2, 0.25) is 0 Å². The number of benzene rings is 2. The molecule has 1 saturated heterocycles. The predicted molar refractivity (Wildman–Crippen MR) is 152 cm³/mol. The molecule has 1 fully saturated rings. The quantitative estimate of drug-likeness (QED) is 0.247. The molecule has 2 heterocycles. The molecule has 2 aromatic carbocycles. The summed E-state index contributed by atoms with van der Waals surface area (Å²) in [6.45, 7) is 7.12. The first-order chi connectivity index (χ1) is 18.7.